The SMILES string of the molecule is CC(C)(C)ONC(=O)[C@@H](Cc1ccccc1)C(=O)O. The normalized spacial score (nSPS) is 12.8. The molecular weight excluding hydrogens is 246 g/mol. The maximum atomic E-state index is 11.8. The molecule has 2 N–H and O–H groups in total. The Morgan fingerprint density at radius 2 is 1.84 bits per heavy atom. The van der Waals surface area contributed by atoms with Crippen molar-refractivity contribution in [3.63, 3.8) is 0 Å². The molecule has 0 saturated heterocycles. The van der Waals surface area contributed by atoms with E-state index < -0.39 is 23.4 Å². The van der Waals surface area contributed by atoms with Crippen LogP contribution in [0.15, 0.2) is 30.3 Å². The number of aliphatic carboxylic acids is 1. The van der Waals surface area contributed by atoms with Gasteiger partial charge < -0.3 is 5.11 Å². The summed E-state index contributed by atoms with van der Waals surface area (Å²) in [4.78, 5) is 28.1. The van der Waals surface area contributed by atoms with Crippen molar-refractivity contribution in [2.24, 2.45) is 5.92 Å². The molecule has 104 valence electrons. The van der Waals surface area contributed by atoms with E-state index in [2.05, 4.69) is 5.48 Å². The number of nitrogens with one attached hydrogen (secondary N) is 1. The molecule has 1 rings (SSSR count). The molecule has 0 spiro atoms. The summed E-state index contributed by atoms with van der Waals surface area (Å²) >= 11 is 0. The monoisotopic (exact) mass is 265 g/mol. The fourth-order valence-electron chi connectivity index (χ4n) is 1.42. The van der Waals surface area contributed by atoms with Gasteiger partial charge in [0.05, 0.1) is 5.60 Å². The number of rotatable bonds is 5. The highest BCUT2D eigenvalue weighted by molar-refractivity contribution is 5.96. The van der Waals surface area contributed by atoms with Crippen LogP contribution in [0.5, 0.6) is 0 Å². The molecule has 0 aliphatic rings. The number of hydrogen-bond donors (Lipinski definition) is 2. The molecule has 0 unspecified atom stereocenters. The molecule has 0 aliphatic carbocycles. The van der Waals surface area contributed by atoms with E-state index in [-0.39, 0.29) is 6.42 Å². The molecule has 1 aromatic rings. The highest BCUT2D eigenvalue weighted by Gasteiger charge is 2.27. The largest absolute Gasteiger partial charge is 0.481 e. The Bertz CT molecular complexity index is 437. The Morgan fingerprint density at radius 3 is 2.32 bits per heavy atom. The molecule has 5 nitrogen and oxygen atoms in total. The molecule has 0 radical (unpaired) electrons. The van der Waals surface area contributed by atoms with Crippen LogP contribution in [-0.4, -0.2) is 22.6 Å². The lowest BCUT2D eigenvalue weighted by Crippen LogP contribution is -2.40. The van der Waals surface area contributed by atoms with Crippen LogP contribution < -0.4 is 5.48 Å². The van der Waals surface area contributed by atoms with Crippen LogP contribution in [-0.2, 0) is 20.8 Å². The van der Waals surface area contributed by atoms with Gasteiger partial charge in [0, 0.05) is 0 Å². The summed E-state index contributed by atoms with van der Waals surface area (Å²) in [7, 11) is 0. The number of hydrogen-bond acceptors (Lipinski definition) is 3. The van der Waals surface area contributed by atoms with Crippen molar-refractivity contribution in [3.05, 3.63) is 35.9 Å². The van der Waals surface area contributed by atoms with E-state index in [1.54, 1.807) is 45.0 Å². The zero-order valence-electron chi connectivity index (χ0n) is 11.3. The summed E-state index contributed by atoms with van der Waals surface area (Å²) in [5.41, 5.74) is 2.43. The van der Waals surface area contributed by atoms with Crippen molar-refractivity contribution in [3.8, 4) is 0 Å². The van der Waals surface area contributed by atoms with Gasteiger partial charge in [-0.25, -0.2) is 5.48 Å². The fraction of sp³-hybridized carbons (Fsp3) is 0.429. The minimum Gasteiger partial charge on any atom is -0.481 e. The number of carboxylic acid groups (broad SMARTS) is 1. The van der Waals surface area contributed by atoms with E-state index in [1.165, 1.54) is 0 Å². The van der Waals surface area contributed by atoms with Crippen LogP contribution in [0.3, 0.4) is 0 Å². The number of carboxylic acids is 1. The Kier molecular flexibility index (Phi) is 5.06. The molecule has 0 fully saturated rings. The second kappa shape index (κ2) is 6.33. The van der Waals surface area contributed by atoms with Gasteiger partial charge in [-0.05, 0) is 32.8 Å². The second-order valence-electron chi connectivity index (χ2n) is 5.26. The molecule has 0 aromatic heterocycles. The van der Waals surface area contributed by atoms with Crippen LogP contribution in [0.2, 0.25) is 0 Å². The minimum atomic E-state index is -1.17. The summed E-state index contributed by atoms with van der Waals surface area (Å²) in [6.07, 6.45) is 0.134. The lowest BCUT2D eigenvalue weighted by molar-refractivity contribution is -0.158. The van der Waals surface area contributed by atoms with Crippen LogP contribution in [0.25, 0.3) is 0 Å². The topological polar surface area (TPSA) is 75.6 Å². The number of carbonyl (C=O) groups is 2. The lowest BCUT2D eigenvalue weighted by atomic mass is 9.99. The van der Waals surface area contributed by atoms with Gasteiger partial charge >= 0.3 is 5.97 Å². The third-order valence-corrected chi connectivity index (χ3v) is 2.36. The zero-order valence-corrected chi connectivity index (χ0v) is 11.3. The van der Waals surface area contributed by atoms with Gasteiger partial charge in [-0.3, -0.25) is 14.4 Å². The minimum absolute atomic E-state index is 0.134. The van der Waals surface area contributed by atoms with Gasteiger partial charge in [-0.1, -0.05) is 30.3 Å². The summed E-state index contributed by atoms with van der Waals surface area (Å²) in [6, 6.07) is 9.01. The number of carbonyl (C=O) groups excluding carboxylic acids is 1. The third-order valence-electron chi connectivity index (χ3n) is 2.36. The molecular formula is C14H19NO4. The molecule has 5 heteroatoms. The number of amides is 1. The smallest absolute Gasteiger partial charge is 0.316 e. The Balaban J connectivity index is 2.68. The van der Waals surface area contributed by atoms with Crippen molar-refractivity contribution in [2.45, 2.75) is 32.8 Å². The van der Waals surface area contributed by atoms with Crippen molar-refractivity contribution in [1.82, 2.24) is 5.48 Å². The molecule has 0 saturated carbocycles. The molecule has 1 atom stereocenters. The predicted octanol–water partition coefficient (Wildman–Crippen LogP) is 1.78. The average molecular weight is 265 g/mol. The van der Waals surface area contributed by atoms with Crippen molar-refractivity contribution in [2.75, 3.05) is 0 Å². The molecule has 0 aliphatic heterocycles. The first kappa shape index (κ1) is 15.2. The maximum Gasteiger partial charge on any atom is 0.316 e. The zero-order chi connectivity index (χ0) is 14.5. The number of hydroxylamine groups is 1. The van der Waals surface area contributed by atoms with Crippen molar-refractivity contribution >= 4 is 11.9 Å². The second-order valence-corrected chi connectivity index (χ2v) is 5.26. The van der Waals surface area contributed by atoms with Gasteiger partial charge in [-0.15, -0.1) is 0 Å². The standard InChI is InChI=1S/C14H19NO4/c1-14(2,3)19-15-12(16)11(13(17)18)9-10-7-5-4-6-8-10/h4-8,11H,9H2,1-3H3,(H,15,16)(H,17,18)/t11-/m1/s1. The molecule has 1 aromatic carbocycles. The Morgan fingerprint density at radius 1 is 1.26 bits per heavy atom. The van der Waals surface area contributed by atoms with E-state index in [0.717, 1.165) is 5.56 Å². The molecule has 19 heavy (non-hydrogen) atoms. The van der Waals surface area contributed by atoms with Gasteiger partial charge in [0.2, 0.25) is 0 Å². The summed E-state index contributed by atoms with van der Waals surface area (Å²) in [6.45, 7) is 5.29. The van der Waals surface area contributed by atoms with E-state index in [9.17, 15) is 9.59 Å². The fourth-order valence-corrected chi connectivity index (χ4v) is 1.42. The van der Waals surface area contributed by atoms with E-state index in [0.29, 0.717) is 0 Å². The molecule has 0 heterocycles. The maximum absolute atomic E-state index is 11.8. The Hall–Kier alpha value is -1.88. The quantitative estimate of drug-likeness (QED) is 0.628. The first-order chi connectivity index (χ1) is 8.79. The van der Waals surface area contributed by atoms with Crippen LogP contribution >= 0.6 is 0 Å². The highest BCUT2D eigenvalue weighted by Crippen LogP contribution is 2.11. The first-order valence-corrected chi connectivity index (χ1v) is 6.04. The summed E-state index contributed by atoms with van der Waals surface area (Å²) in [5, 5.41) is 9.12. The van der Waals surface area contributed by atoms with Gasteiger partial charge in [0.1, 0.15) is 5.92 Å². The predicted molar refractivity (Wildman–Crippen MR) is 70.3 cm³/mol. The third kappa shape index (κ3) is 5.52. The van der Waals surface area contributed by atoms with Gasteiger partial charge in [-0.2, -0.15) is 0 Å². The van der Waals surface area contributed by atoms with Gasteiger partial charge in [0.15, 0.2) is 0 Å². The Labute approximate surface area is 112 Å². The lowest BCUT2D eigenvalue weighted by Gasteiger charge is -2.20. The highest BCUT2D eigenvalue weighted by atomic mass is 16.7. The van der Waals surface area contributed by atoms with Crippen LogP contribution in [0.1, 0.15) is 26.3 Å². The van der Waals surface area contributed by atoms with E-state index in [4.69, 9.17) is 9.94 Å². The average Bonchev–Trinajstić information content (AvgIpc) is 2.33. The van der Waals surface area contributed by atoms with Crippen molar-refractivity contribution in [1.29, 1.82) is 0 Å². The van der Waals surface area contributed by atoms with Crippen LogP contribution in [0.4, 0.5) is 0 Å². The van der Waals surface area contributed by atoms with E-state index >= 15 is 0 Å². The molecule has 0 bridgehead atoms. The van der Waals surface area contributed by atoms with Crippen molar-refractivity contribution < 1.29 is 19.5 Å². The number of benzene rings is 1. The van der Waals surface area contributed by atoms with Gasteiger partial charge in [0.25, 0.3) is 5.91 Å². The van der Waals surface area contributed by atoms with E-state index in [1.807, 2.05) is 6.07 Å². The van der Waals surface area contributed by atoms with Crippen LogP contribution in [0, 0.1) is 5.92 Å². The summed E-state index contributed by atoms with van der Waals surface area (Å²) in [5.74, 6) is -2.98. The summed E-state index contributed by atoms with van der Waals surface area (Å²) < 4.78 is 0. The molecule has 1 amide bonds. The first-order valence-electron chi connectivity index (χ1n) is 6.04.